The molecule has 12 nitrogen and oxygen atoms in total. The molecule has 2 N–H and O–H groups in total. The largest absolute Gasteiger partial charge is 0.457 e. The summed E-state index contributed by atoms with van der Waals surface area (Å²) < 4.78 is 33.4. The van der Waals surface area contributed by atoms with Crippen molar-refractivity contribution in [2.24, 2.45) is 0 Å². The Hall–Kier alpha value is -4.40. The van der Waals surface area contributed by atoms with Crippen LogP contribution in [0.4, 0.5) is 4.79 Å². The summed E-state index contributed by atoms with van der Waals surface area (Å²) in [6, 6.07) is 24.4. The van der Waals surface area contributed by atoms with Gasteiger partial charge in [0.15, 0.2) is 14.1 Å². The molecule has 2 amide bonds. The van der Waals surface area contributed by atoms with Crippen LogP contribution in [0.3, 0.4) is 0 Å². The van der Waals surface area contributed by atoms with Gasteiger partial charge in [0.2, 0.25) is 12.1 Å². The van der Waals surface area contributed by atoms with Crippen molar-refractivity contribution in [3.63, 3.8) is 0 Å². The van der Waals surface area contributed by atoms with Crippen LogP contribution in [0.1, 0.15) is 90.0 Å². The Bertz CT molecular complexity index is 1790. The van der Waals surface area contributed by atoms with Gasteiger partial charge in [0, 0.05) is 19.6 Å². The molecule has 3 aromatic rings. The van der Waals surface area contributed by atoms with Gasteiger partial charge in [0.05, 0.1) is 19.8 Å². The van der Waals surface area contributed by atoms with Crippen molar-refractivity contribution < 1.29 is 47.3 Å². The van der Waals surface area contributed by atoms with Crippen LogP contribution in [-0.2, 0) is 68.5 Å². The van der Waals surface area contributed by atoms with Crippen LogP contribution in [-0.4, -0.2) is 83.5 Å². The summed E-state index contributed by atoms with van der Waals surface area (Å²) in [6.45, 7) is 19.9. The van der Waals surface area contributed by atoms with E-state index in [1.54, 1.807) is 32.9 Å². The maximum Gasteiger partial charge on any atom is 0.409 e. The monoisotopic (exact) mass is 848 g/mol. The van der Waals surface area contributed by atoms with Crippen LogP contribution < -0.4 is 10.6 Å². The average Bonchev–Trinajstić information content (AvgIpc) is 3.20. The van der Waals surface area contributed by atoms with E-state index in [1.165, 1.54) is 27.8 Å². The Morgan fingerprint density at radius 3 is 2.08 bits per heavy atom. The van der Waals surface area contributed by atoms with E-state index in [1.807, 2.05) is 18.2 Å². The van der Waals surface area contributed by atoms with E-state index in [-0.39, 0.29) is 56.2 Å². The number of carbonyl (C=O) groups excluding carboxylic acids is 4. The third-order valence-electron chi connectivity index (χ3n) is 10.0. The quantitative estimate of drug-likeness (QED) is 0.0368. The summed E-state index contributed by atoms with van der Waals surface area (Å²) >= 11 is 0. The maximum absolute atomic E-state index is 12.7. The minimum atomic E-state index is -1.83. The average molecular weight is 849 g/mol. The number of nitrogens with one attached hydrogen (secondary N) is 2. The minimum Gasteiger partial charge on any atom is -0.457 e. The third-order valence-corrected chi connectivity index (χ3v) is 14.5. The fourth-order valence-electron chi connectivity index (χ4n) is 5.57. The standard InChI is InChI=1S/C47H68N2O10Si/c1-10-35-22-25-41(38-23-20-37(21-24-38)32-58-60(8,9)47(5,6)7)39(30-35)18-14-26-48-42(51)34-55-29-28-54-27-15-19-40(50)33-56-43(44(52)59-46(2,3)4)49-45(53)57-31-36-16-12-11-13-17-36/h11-13,16-17,20-25,30,43H,10,14-15,18-19,26-29,31-34H2,1-9H3,(H,48,51)(H,49,53). The number of alkyl carbamates (subject to hydrolysis) is 1. The van der Waals surface area contributed by atoms with Crippen molar-refractivity contribution >= 4 is 32.1 Å². The van der Waals surface area contributed by atoms with Crippen molar-refractivity contribution in [2.75, 3.05) is 39.6 Å². The van der Waals surface area contributed by atoms with Gasteiger partial charge in [-0.3, -0.25) is 14.9 Å². The fraction of sp³-hybridized carbons (Fsp3) is 0.532. The van der Waals surface area contributed by atoms with Crippen LogP contribution in [0.5, 0.6) is 0 Å². The molecule has 0 heterocycles. The number of Topliss-reactive ketones (excluding diaryl/α,β-unsaturated/α-hetero) is 1. The molecule has 60 heavy (non-hydrogen) atoms. The number of ether oxygens (including phenoxy) is 5. The van der Waals surface area contributed by atoms with Crippen LogP contribution in [0.25, 0.3) is 11.1 Å². The van der Waals surface area contributed by atoms with Crippen LogP contribution >= 0.6 is 0 Å². The zero-order chi connectivity index (χ0) is 44.2. The number of rotatable bonds is 25. The number of ketones is 1. The van der Waals surface area contributed by atoms with Gasteiger partial charge in [-0.2, -0.15) is 0 Å². The second-order valence-electron chi connectivity index (χ2n) is 17.3. The number of amides is 2. The molecule has 3 aromatic carbocycles. The summed E-state index contributed by atoms with van der Waals surface area (Å²) in [5, 5.41) is 5.44. The highest BCUT2D eigenvalue weighted by Crippen LogP contribution is 2.37. The predicted molar refractivity (Wildman–Crippen MR) is 236 cm³/mol. The molecule has 3 rings (SSSR count). The SMILES string of the molecule is CCc1ccc(-c2ccc(CO[Si](C)(C)C(C)(C)C)cc2)c(CCCNC(=O)COCCOCCCC(=O)COC(NC(=O)OCc2ccccc2)C(=O)OC(C)(C)C)c1. The molecule has 0 bridgehead atoms. The van der Waals surface area contributed by atoms with Gasteiger partial charge < -0.3 is 33.4 Å². The summed E-state index contributed by atoms with van der Waals surface area (Å²) in [4.78, 5) is 50.0. The molecular formula is C47H68N2O10Si. The normalized spacial score (nSPS) is 12.4. The van der Waals surface area contributed by atoms with Crippen molar-refractivity contribution in [3.8, 4) is 11.1 Å². The first-order valence-corrected chi connectivity index (χ1v) is 23.9. The van der Waals surface area contributed by atoms with E-state index < -0.39 is 38.8 Å². The zero-order valence-electron chi connectivity index (χ0n) is 37.3. The molecule has 0 aromatic heterocycles. The molecule has 0 radical (unpaired) electrons. The molecule has 0 aliphatic rings. The molecule has 0 saturated heterocycles. The van der Waals surface area contributed by atoms with Crippen LogP contribution in [0.15, 0.2) is 72.8 Å². The number of carbonyl (C=O) groups is 4. The second kappa shape index (κ2) is 24.8. The van der Waals surface area contributed by atoms with Gasteiger partial charge in [0.1, 0.15) is 25.4 Å². The zero-order valence-corrected chi connectivity index (χ0v) is 38.3. The highest BCUT2D eigenvalue weighted by Gasteiger charge is 2.37. The van der Waals surface area contributed by atoms with Crippen molar-refractivity contribution in [1.82, 2.24) is 10.6 Å². The van der Waals surface area contributed by atoms with E-state index in [4.69, 9.17) is 28.1 Å². The van der Waals surface area contributed by atoms with Crippen LogP contribution in [0, 0.1) is 0 Å². The summed E-state index contributed by atoms with van der Waals surface area (Å²) in [7, 11) is -1.83. The van der Waals surface area contributed by atoms with Gasteiger partial charge in [-0.15, -0.1) is 0 Å². The Morgan fingerprint density at radius 2 is 1.42 bits per heavy atom. The lowest BCUT2D eigenvalue weighted by atomic mass is 9.93. The Morgan fingerprint density at radius 1 is 0.750 bits per heavy atom. The van der Waals surface area contributed by atoms with E-state index >= 15 is 0 Å². The molecule has 0 fully saturated rings. The first-order valence-electron chi connectivity index (χ1n) is 21.0. The molecule has 0 saturated carbocycles. The topological polar surface area (TPSA) is 148 Å². The van der Waals surface area contributed by atoms with Crippen molar-refractivity contribution in [3.05, 3.63) is 95.1 Å². The fourth-order valence-corrected chi connectivity index (χ4v) is 6.53. The Labute approximate surface area is 358 Å². The minimum absolute atomic E-state index is 0.00679. The first kappa shape index (κ1) is 50.0. The van der Waals surface area contributed by atoms with Crippen molar-refractivity contribution in [2.45, 2.75) is 124 Å². The van der Waals surface area contributed by atoms with Gasteiger partial charge in [-0.1, -0.05) is 100 Å². The Kier molecular flexibility index (Phi) is 20.6. The second-order valence-corrected chi connectivity index (χ2v) is 22.1. The van der Waals surface area contributed by atoms with E-state index in [2.05, 4.69) is 93.9 Å². The molecular weight excluding hydrogens is 781 g/mol. The molecule has 0 aliphatic heterocycles. The lowest BCUT2D eigenvalue weighted by Crippen LogP contribution is -2.46. The smallest absolute Gasteiger partial charge is 0.409 e. The summed E-state index contributed by atoms with van der Waals surface area (Å²) in [5.74, 6) is -1.33. The van der Waals surface area contributed by atoms with Gasteiger partial charge in [-0.05, 0) is 98.0 Å². The maximum atomic E-state index is 12.7. The summed E-state index contributed by atoms with van der Waals surface area (Å²) in [5.41, 5.74) is 6.01. The van der Waals surface area contributed by atoms with E-state index in [9.17, 15) is 19.2 Å². The van der Waals surface area contributed by atoms with E-state index in [0.29, 0.717) is 19.6 Å². The molecule has 1 unspecified atom stereocenters. The van der Waals surface area contributed by atoms with Gasteiger partial charge in [0.25, 0.3) is 0 Å². The third kappa shape index (κ3) is 18.9. The number of esters is 1. The molecule has 13 heteroatoms. The lowest BCUT2D eigenvalue weighted by molar-refractivity contribution is -0.171. The first-order chi connectivity index (χ1) is 28.4. The van der Waals surface area contributed by atoms with E-state index in [0.717, 1.165) is 24.8 Å². The van der Waals surface area contributed by atoms with Gasteiger partial charge in [-0.25, -0.2) is 9.59 Å². The molecule has 1 atom stereocenters. The summed E-state index contributed by atoms with van der Waals surface area (Å²) in [6.07, 6.45) is 0.693. The number of aryl methyl sites for hydroxylation is 2. The number of hydrogen-bond donors (Lipinski definition) is 2. The molecule has 330 valence electrons. The highest BCUT2D eigenvalue weighted by atomic mass is 28.4. The lowest BCUT2D eigenvalue weighted by Gasteiger charge is -2.36. The van der Waals surface area contributed by atoms with Gasteiger partial charge >= 0.3 is 12.1 Å². The highest BCUT2D eigenvalue weighted by molar-refractivity contribution is 6.74. The molecule has 0 spiro atoms. The molecule has 0 aliphatic carbocycles. The van der Waals surface area contributed by atoms with Crippen LogP contribution in [0.2, 0.25) is 18.1 Å². The Balaban J connectivity index is 1.30. The van der Waals surface area contributed by atoms with Crippen molar-refractivity contribution in [1.29, 1.82) is 0 Å². The number of benzene rings is 3. The number of hydrogen-bond acceptors (Lipinski definition) is 10. The predicted octanol–water partition coefficient (Wildman–Crippen LogP) is 8.48.